The van der Waals surface area contributed by atoms with Gasteiger partial charge < -0.3 is 10.0 Å². The van der Waals surface area contributed by atoms with Gasteiger partial charge >= 0.3 is 0 Å². The average Bonchev–Trinajstić information content (AvgIpc) is 3.30. The first-order valence-corrected chi connectivity index (χ1v) is 11.8. The van der Waals surface area contributed by atoms with Crippen molar-refractivity contribution < 1.29 is 14.7 Å². The minimum atomic E-state index is -0.720. The van der Waals surface area contributed by atoms with E-state index >= 15 is 0 Å². The van der Waals surface area contributed by atoms with E-state index in [1.807, 2.05) is 30.5 Å². The highest BCUT2D eigenvalue weighted by Gasteiger charge is 2.46. The number of aliphatic hydroxyl groups is 1. The molecule has 1 unspecified atom stereocenters. The van der Waals surface area contributed by atoms with Crippen LogP contribution < -0.4 is 0 Å². The molecule has 1 amide bonds. The summed E-state index contributed by atoms with van der Waals surface area (Å²) in [7, 11) is 0. The Kier molecular flexibility index (Phi) is 6.63. The molecular formula is C24H18Cl3NO3S. The van der Waals surface area contributed by atoms with Crippen molar-refractivity contribution in [2.45, 2.75) is 19.4 Å². The maximum Gasteiger partial charge on any atom is 0.295 e. The zero-order valence-electron chi connectivity index (χ0n) is 16.9. The third-order valence-electron chi connectivity index (χ3n) is 5.44. The molecule has 0 bridgehead atoms. The number of halogens is 3. The molecule has 1 aliphatic heterocycles. The third-order valence-corrected chi connectivity index (χ3v) is 7.50. The molecule has 2 heterocycles. The van der Waals surface area contributed by atoms with Crippen LogP contribution in [-0.2, 0) is 16.0 Å². The molecule has 0 radical (unpaired) electrons. The standard InChI is InChI=1S/C24H18Cl3NO3S/c1-13-9-11-32-23(13)20-19(21(29)15-4-7-17(26)18(27)12-15)22(30)24(31)28(20)10-8-14-2-5-16(25)6-3-14/h2-7,9,11-12,20,29H,8,10H2,1H3/b21-19-. The van der Waals surface area contributed by atoms with Gasteiger partial charge in [-0.1, -0.05) is 46.9 Å². The lowest BCUT2D eigenvalue weighted by molar-refractivity contribution is -0.139. The summed E-state index contributed by atoms with van der Waals surface area (Å²) in [6.45, 7) is 2.23. The van der Waals surface area contributed by atoms with Gasteiger partial charge in [0.05, 0.1) is 21.7 Å². The number of Topliss-reactive ketones (excluding diaryl/α,β-unsaturated/α-hetero) is 1. The van der Waals surface area contributed by atoms with Gasteiger partial charge in [0.2, 0.25) is 0 Å². The van der Waals surface area contributed by atoms with Crippen molar-refractivity contribution in [1.29, 1.82) is 0 Å². The van der Waals surface area contributed by atoms with Crippen LogP contribution in [0.4, 0.5) is 0 Å². The number of hydrogen-bond donors (Lipinski definition) is 1. The van der Waals surface area contributed by atoms with E-state index in [-0.39, 0.29) is 16.4 Å². The molecule has 3 aromatic rings. The van der Waals surface area contributed by atoms with Crippen molar-refractivity contribution in [2.24, 2.45) is 0 Å². The lowest BCUT2D eigenvalue weighted by atomic mass is 9.98. The first-order chi connectivity index (χ1) is 15.3. The van der Waals surface area contributed by atoms with Crippen LogP contribution in [0.1, 0.15) is 27.6 Å². The van der Waals surface area contributed by atoms with E-state index in [0.29, 0.717) is 28.6 Å². The number of aliphatic hydroxyl groups excluding tert-OH is 1. The summed E-state index contributed by atoms with van der Waals surface area (Å²) in [5.41, 5.74) is 2.31. The Morgan fingerprint density at radius 1 is 1.03 bits per heavy atom. The van der Waals surface area contributed by atoms with Gasteiger partial charge in [0.15, 0.2) is 0 Å². The topological polar surface area (TPSA) is 57.6 Å². The number of carbonyl (C=O) groups is 2. The molecule has 1 saturated heterocycles. The Hall–Kier alpha value is -2.31. The molecular weight excluding hydrogens is 489 g/mol. The summed E-state index contributed by atoms with van der Waals surface area (Å²) in [6, 6.07) is 13.2. The second kappa shape index (κ2) is 9.28. The number of likely N-dealkylation sites (tertiary alicyclic amines) is 1. The molecule has 1 aliphatic rings. The smallest absolute Gasteiger partial charge is 0.295 e. The zero-order chi connectivity index (χ0) is 23.0. The van der Waals surface area contributed by atoms with Crippen molar-refractivity contribution in [3.63, 3.8) is 0 Å². The molecule has 1 N–H and O–H groups in total. The minimum Gasteiger partial charge on any atom is -0.507 e. The van der Waals surface area contributed by atoms with Crippen molar-refractivity contribution in [2.75, 3.05) is 6.54 Å². The molecule has 1 atom stereocenters. The lowest BCUT2D eigenvalue weighted by Gasteiger charge is -2.25. The molecule has 164 valence electrons. The number of nitrogens with zero attached hydrogens (tertiary/aromatic N) is 1. The van der Waals surface area contributed by atoms with Gasteiger partial charge in [-0.3, -0.25) is 9.59 Å². The molecule has 0 spiro atoms. The van der Waals surface area contributed by atoms with Gasteiger partial charge in [-0.05, 0) is 66.2 Å². The zero-order valence-corrected chi connectivity index (χ0v) is 20.0. The number of benzene rings is 2. The number of carbonyl (C=O) groups excluding carboxylic acids is 2. The monoisotopic (exact) mass is 505 g/mol. The lowest BCUT2D eigenvalue weighted by Crippen LogP contribution is -2.31. The molecule has 4 nitrogen and oxygen atoms in total. The van der Waals surface area contributed by atoms with E-state index in [9.17, 15) is 14.7 Å². The van der Waals surface area contributed by atoms with Crippen molar-refractivity contribution in [1.82, 2.24) is 4.90 Å². The maximum atomic E-state index is 13.1. The van der Waals surface area contributed by atoms with Gasteiger partial charge in [0.1, 0.15) is 5.76 Å². The number of hydrogen-bond acceptors (Lipinski definition) is 4. The van der Waals surface area contributed by atoms with E-state index < -0.39 is 17.7 Å². The quantitative estimate of drug-likeness (QED) is 0.238. The maximum absolute atomic E-state index is 13.1. The van der Waals surface area contributed by atoms with E-state index in [1.54, 1.807) is 24.3 Å². The highest BCUT2D eigenvalue weighted by Crippen LogP contribution is 2.43. The predicted molar refractivity (Wildman–Crippen MR) is 130 cm³/mol. The molecule has 0 saturated carbocycles. The third kappa shape index (κ3) is 4.30. The molecule has 0 aliphatic carbocycles. The van der Waals surface area contributed by atoms with Gasteiger partial charge in [-0.15, -0.1) is 11.3 Å². The van der Waals surface area contributed by atoms with Gasteiger partial charge in [-0.2, -0.15) is 0 Å². The summed E-state index contributed by atoms with van der Waals surface area (Å²) in [5.74, 6) is -1.63. The fourth-order valence-corrected chi connectivity index (χ4v) is 5.22. The molecule has 1 aromatic heterocycles. The van der Waals surface area contributed by atoms with E-state index in [1.165, 1.54) is 22.3 Å². The Balaban J connectivity index is 1.77. The Bertz CT molecular complexity index is 1230. The molecule has 2 aromatic carbocycles. The van der Waals surface area contributed by atoms with Crippen molar-refractivity contribution >= 4 is 63.6 Å². The molecule has 1 fully saturated rings. The van der Waals surface area contributed by atoms with Crippen LogP contribution >= 0.6 is 46.1 Å². The summed E-state index contributed by atoms with van der Waals surface area (Å²) in [6.07, 6.45) is 0.540. The minimum absolute atomic E-state index is 0.0510. The Labute approximate surface area is 204 Å². The Morgan fingerprint density at radius 2 is 1.75 bits per heavy atom. The van der Waals surface area contributed by atoms with Crippen LogP contribution in [0.3, 0.4) is 0 Å². The van der Waals surface area contributed by atoms with E-state index in [4.69, 9.17) is 34.8 Å². The number of thiophene rings is 1. The second-order valence-electron chi connectivity index (χ2n) is 7.47. The normalized spacial score (nSPS) is 17.9. The molecule has 4 rings (SSSR count). The SMILES string of the molecule is Cc1ccsc1C1/C(=C(/O)c2ccc(Cl)c(Cl)c2)C(=O)C(=O)N1CCc1ccc(Cl)cc1. The average molecular weight is 507 g/mol. The highest BCUT2D eigenvalue weighted by molar-refractivity contribution is 7.10. The fraction of sp³-hybridized carbons (Fsp3) is 0.167. The number of ketones is 1. The van der Waals surface area contributed by atoms with Crippen LogP contribution in [0.15, 0.2) is 59.5 Å². The summed E-state index contributed by atoms with van der Waals surface area (Å²) in [5, 5.41) is 14.2. The highest BCUT2D eigenvalue weighted by atomic mass is 35.5. The molecule has 32 heavy (non-hydrogen) atoms. The number of amides is 1. The van der Waals surface area contributed by atoms with Crippen LogP contribution in [0.2, 0.25) is 15.1 Å². The van der Waals surface area contributed by atoms with E-state index in [2.05, 4.69) is 0 Å². The first kappa shape index (κ1) is 22.9. The second-order valence-corrected chi connectivity index (χ2v) is 9.66. The largest absolute Gasteiger partial charge is 0.507 e. The van der Waals surface area contributed by atoms with Crippen LogP contribution in [0.25, 0.3) is 5.76 Å². The van der Waals surface area contributed by atoms with E-state index in [0.717, 1.165) is 16.0 Å². The van der Waals surface area contributed by atoms with Crippen molar-refractivity contribution in [3.8, 4) is 0 Å². The number of rotatable bonds is 5. The van der Waals surface area contributed by atoms with Gasteiger partial charge in [-0.25, -0.2) is 0 Å². The Morgan fingerprint density at radius 3 is 2.38 bits per heavy atom. The summed E-state index contributed by atoms with van der Waals surface area (Å²) in [4.78, 5) is 28.5. The molecule has 8 heteroatoms. The summed E-state index contributed by atoms with van der Waals surface area (Å²) < 4.78 is 0. The summed E-state index contributed by atoms with van der Waals surface area (Å²) >= 11 is 19.5. The predicted octanol–water partition coefficient (Wildman–Crippen LogP) is 6.68. The van der Waals surface area contributed by atoms with Gasteiger partial charge in [0.25, 0.3) is 11.7 Å². The van der Waals surface area contributed by atoms with Gasteiger partial charge in [0, 0.05) is 22.0 Å². The van der Waals surface area contributed by atoms with Crippen molar-refractivity contribution in [3.05, 3.63) is 96.1 Å². The number of aryl methyl sites for hydroxylation is 1. The first-order valence-electron chi connectivity index (χ1n) is 9.80. The van der Waals surface area contributed by atoms with Crippen LogP contribution in [0.5, 0.6) is 0 Å². The fourth-order valence-electron chi connectivity index (χ4n) is 3.75. The van der Waals surface area contributed by atoms with Crippen LogP contribution in [0, 0.1) is 6.92 Å². The van der Waals surface area contributed by atoms with Crippen LogP contribution in [-0.4, -0.2) is 28.2 Å².